The molecule has 0 aromatic carbocycles. The summed E-state index contributed by atoms with van der Waals surface area (Å²) in [4.78, 5) is 26.2. The van der Waals surface area contributed by atoms with Crippen molar-refractivity contribution in [1.29, 1.82) is 0 Å². The van der Waals surface area contributed by atoms with Gasteiger partial charge in [-0.3, -0.25) is 4.79 Å². The van der Waals surface area contributed by atoms with Crippen LogP contribution < -0.4 is 10.6 Å². The number of aliphatic carboxylic acids is 1. The quantitative estimate of drug-likeness (QED) is 0.668. The summed E-state index contributed by atoms with van der Waals surface area (Å²) in [6, 6.07) is -0.268. The van der Waals surface area contributed by atoms with Gasteiger partial charge in [0, 0.05) is 24.5 Å². The van der Waals surface area contributed by atoms with E-state index in [1.54, 1.807) is 6.20 Å². The lowest BCUT2D eigenvalue weighted by Gasteiger charge is -2.23. The number of aromatic nitrogens is 1. The van der Waals surface area contributed by atoms with Crippen molar-refractivity contribution >= 4 is 23.3 Å². The first kappa shape index (κ1) is 15.4. The van der Waals surface area contributed by atoms with Crippen molar-refractivity contribution < 1.29 is 14.7 Å². The van der Waals surface area contributed by atoms with E-state index < -0.39 is 11.5 Å². The number of nitrogens with zero attached hydrogens (tertiary/aromatic N) is 1. The lowest BCUT2D eigenvalue weighted by molar-refractivity contribution is -0.137. The fraction of sp³-hybridized carbons (Fsp3) is 0.583. The van der Waals surface area contributed by atoms with Crippen molar-refractivity contribution in [3.05, 3.63) is 16.6 Å². The Morgan fingerprint density at radius 2 is 2.16 bits per heavy atom. The van der Waals surface area contributed by atoms with Crippen LogP contribution in [0.1, 0.15) is 38.1 Å². The Bertz CT molecular complexity index is 418. The average molecular weight is 285 g/mol. The predicted octanol–water partition coefficient (Wildman–Crippen LogP) is 1.93. The van der Waals surface area contributed by atoms with Crippen molar-refractivity contribution in [2.45, 2.75) is 38.6 Å². The molecular weight excluding hydrogens is 266 g/mol. The summed E-state index contributed by atoms with van der Waals surface area (Å²) in [6.07, 6.45) is 3.05. The number of rotatable bonds is 7. The van der Waals surface area contributed by atoms with Crippen molar-refractivity contribution in [1.82, 2.24) is 15.6 Å². The minimum Gasteiger partial charge on any atom is -0.481 e. The SMILES string of the molecule is CC(C)(NC(=O)NCCCCC(=O)O)c1nccs1. The highest BCUT2D eigenvalue weighted by molar-refractivity contribution is 7.09. The Balaban J connectivity index is 2.26. The Kier molecular flexibility index (Phi) is 5.75. The van der Waals surface area contributed by atoms with Gasteiger partial charge in [0.25, 0.3) is 0 Å². The summed E-state index contributed by atoms with van der Waals surface area (Å²) in [5.74, 6) is -0.811. The number of carbonyl (C=O) groups excluding carboxylic acids is 1. The molecule has 0 saturated carbocycles. The Morgan fingerprint density at radius 1 is 1.42 bits per heavy atom. The summed E-state index contributed by atoms with van der Waals surface area (Å²) < 4.78 is 0. The predicted molar refractivity (Wildman–Crippen MR) is 73.2 cm³/mol. The standard InChI is InChI=1S/C12H19N3O3S/c1-12(2,10-13-7-8-19-10)15-11(18)14-6-4-3-5-9(16)17/h7-8H,3-6H2,1-2H3,(H,16,17)(H2,14,15,18). The maximum atomic E-state index is 11.7. The van der Waals surface area contributed by atoms with Gasteiger partial charge in [-0.2, -0.15) is 0 Å². The van der Waals surface area contributed by atoms with Crippen LogP contribution in [-0.2, 0) is 10.3 Å². The molecule has 3 N–H and O–H groups in total. The molecule has 0 bridgehead atoms. The number of thiazole rings is 1. The van der Waals surface area contributed by atoms with Crippen molar-refractivity contribution in [2.24, 2.45) is 0 Å². The molecule has 1 aromatic rings. The number of carbonyl (C=O) groups is 2. The van der Waals surface area contributed by atoms with E-state index in [9.17, 15) is 9.59 Å². The molecular formula is C12H19N3O3S. The highest BCUT2D eigenvalue weighted by atomic mass is 32.1. The van der Waals surface area contributed by atoms with Crippen molar-refractivity contribution in [2.75, 3.05) is 6.54 Å². The number of amides is 2. The molecule has 0 unspecified atom stereocenters. The van der Waals surface area contributed by atoms with E-state index in [0.717, 1.165) is 5.01 Å². The Morgan fingerprint density at radius 3 is 2.74 bits per heavy atom. The normalized spacial score (nSPS) is 11.1. The molecule has 0 aliphatic carbocycles. The van der Waals surface area contributed by atoms with E-state index in [-0.39, 0.29) is 12.5 Å². The van der Waals surface area contributed by atoms with Crippen LogP contribution in [-0.4, -0.2) is 28.6 Å². The Labute approximate surface area is 116 Å². The second kappa shape index (κ2) is 7.08. The summed E-state index contributed by atoms with van der Waals surface area (Å²) >= 11 is 1.49. The monoisotopic (exact) mass is 285 g/mol. The van der Waals surface area contributed by atoms with Crippen LogP contribution in [0.5, 0.6) is 0 Å². The summed E-state index contributed by atoms with van der Waals surface area (Å²) in [6.45, 7) is 4.23. The second-order valence-electron chi connectivity index (χ2n) is 4.69. The number of carboxylic acids is 1. The van der Waals surface area contributed by atoms with Crippen LogP contribution in [0.25, 0.3) is 0 Å². The molecule has 0 aliphatic heterocycles. The number of carboxylic acid groups (broad SMARTS) is 1. The van der Waals surface area contributed by atoms with Crippen molar-refractivity contribution in [3.8, 4) is 0 Å². The lowest BCUT2D eigenvalue weighted by Crippen LogP contribution is -2.46. The molecule has 1 heterocycles. The molecule has 106 valence electrons. The van der Waals surface area contributed by atoms with Gasteiger partial charge in [-0.15, -0.1) is 11.3 Å². The van der Waals surface area contributed by atoms with Gasteiger partial charge < -0.3 is 15.7 Å². The molecule has 7 heteroatoms. The van der Waals surface area contributed by atoms with Crippen LogP contribution in [0, 0.1) is 0 Å². The number of urea groups is 1. The van der Waals surface area contributed by atoms with Crippen LogP contribution in [0.3, 0.4) is 0 Å². The molecule has 0 aliphatic rings. The summed E-state index contributed by atoms with van der Waals surface area (Å²) in [7, 11) is 0. The number of nitrogens with one attached hydrogen (secondary N) is 2. The van der Waals surface area contributed by atoms with Gasteiger partial charge in [0.05, 0.1) is 5.54 Å². The maximum absolute atomic E-state index is 11.7. The zero-order chi connectivity index (χ0) is 14.3. The zero-order valence-corrected chi connectivity index (χ0v) is 11.9. The molecule has 0 atom stereocenters. The number of hydrogen-bond acceptors (Lipinski definition) is 4. The first-order chi connectivity index (χ1) is 8.92. The fourth-order valence-corrected chi connectivity index (χ4v) is 2.23. The average Bonchev–Trinajstić information content (AvgIpc) is 2.81. The molecule has 0 saturated heterocycles. The Hall–Kier alpha value is -1.63. The van der Waals surface area contributed by atoms with Gasteiger partial charge in [-0.25, -0.2) is 9.78 Å². The molecule has 0 fully saturated rings. The van der Waals surface area contributed by atoms with E-state index in [4.69, 9.17) is 5.11 Å². The van der Waals surface area contributed by atoms with Crippen LogP contribution >= 0.6 is 11.3 Å². The van der Waals surface area contributed by atoms with E-state index in [1.165, 1.54) is 11.3 Å². The van der Waals surface area contributed by atoms with Gasteiger partial charge in [0.2, 0.25) is 0 Å². The highest BCUT2D eigenvalue weighted by Crippen LogP contribution is 2.21. The van der Waals surface area contributed by atoms with E-state index in [0.29, 0.717) is 19.4 Å². The topological polar surface area (TPSA) is 91.3 Å². The van der Waals surface area contributed by atoms with Gasteiger partial charge in [0.15, 0.2) is 0 Å². The minimum absolute atomic E-state index is 0.133. The first-order valence-electron chi connectivity index (χ1n) is 6.09. The van der Waals surface area contributed by atoms with E-state index in [2.05, 4.69) is 15.6 Å². The van der Waals surface area contributed by atoms with Crippen LogP contribution in [0.15, 0.2) is 11.6 Å². The van der Waals surface area contributed by atoms with E-state index in [1.807, 2.05) is 19.2 Å². The molecule has 0 radical (unpaired) electrons. The molecule has 1 aromatic heterocycles. The molecule has 1 rings (SSSR count). The van der Waals surface area contributed by atoms with Gasteiger partial charge >= 0.3 is 12.0 Å². The van der Waals surface area contributed by atoms with Crippen molar-refractivity contribution in [3.63, 3.8) is 0 Å². The number of unbranched alkanes of at least 4 members (excludes halogenated alkanes) is 1. The summed E-state index contributed by atoms with van der Waals surface area (Å²) in [5, 5.41) is 16.7. The van der Waals surface area contributed by atoms with E-state index >= 15 is 0 Å². The highest BCUT2D eigenvalue weighted by Gasteiger charge is 2.25. The largest absolute Gasteiger partial charge is 0.481 e. The molecule has 6 nitrogen and oxygen atoms in total. The van der Waals surface area contributed by atoms with Crippen LogP contribution in [0.4, 0.5) is 4.79 Å². The lowest BCUT2D eigenvalue weighted by atomic mass is 10.1. The second-order valence-corrected chi connectivity index (χ2v) is 5.59. The fourth-order valence-electron chi connectivity index (χ4n) is 1.52. The van der Waals surface area contributed by atoms with Gasteiger partial charge in [-0.05, 0) is 26.7 Å². The molecule has 2 amide bonds. The zero-order valence-electron chi connectivity index (χ0n) is 11.1. The minimum atomic E-state index is -0.811. The molecule has 0 spiro atoms. The first-order valence-corrected chi connectivity index (χ1v) is 6.97. The third kappa shape index (κ3) is 5.69. The number of hydrogen-bond donors (Lipinski definition) is 3. The smallest absolute Gasteiger partial charge is 0.315 e. The van der Waals surface area contributed by atoms with Crippen LogP contribution in [0.2, 0.25) is 0 Å². The molecule has 19 heavy (non-hydrogen) atoms. The third-order valence-corrected chi connectivity index (χ3v) is 3.59. The summed E-state index contributed by atoms with van der Waals surface area (Å²) in [5.41, 5.74) is -0.515. The van der Waals surface area contributed by atoms with Gasteiger partial charge in [0.1, 0.15) is 5.01 Å². The maximum Gasteiger partial charge on any atom is 0.315 e. The third-order valence-electron chi connectivity index (χ3n) is 2.50. The van der Waals surface area contributed by atoms with Gasteiger partial charge in [-0.1, -0.05) is 0 Å².